The fourth-order valence-electron chi connectivity index (χ4n) is 10.6. The number of thiol groups is 1. The number of ether oxygens (including phenoxy) is 3. The summed E-state index contributed by atoms with van der Waals surface area (Å²) in [4.78, 5) is 189. The van der Waals surface area contributed by atoms with Crippen molar-refractivity contribution < 1.29 is 155 Å². The molecule has 2 aliphatic heterocycles. The van der Waals surface area contributed by atoms with Gasteiger partial charge in [0.1, 0.15) is 66.1 Å². The third-order valence-electron chi connectivity index (χ3n) is 15.6. The number of likely N-dealkylation sites (tertiary alicyclic amines) is 2. The number of benzene rings is 5. The van der Waals surface area contributed by atoms with E-state index < -0.39 is 93.8 Å². The van der Waals surface area contributed by atoms with E-state index in [0.29, 0.717) is 34.5 Å². The minimum atomic E-state index is -1.29. The average Bonchev–Trinajstić information content (AvgIpc) is 1.68. The molecule has 140 heavy (non-hydrogen) atoms. The van der Waals surface area contributed by atoms with Gasteiger partial charge in [0.05, 0.1) is 9.75 Å². The molecule has 3 radical (unpaired) electrons. The Labute approximate surface area is 888 Å². The molecule has 1 amide bonds. The van der Waals surface area contributed by atoms with Gasteiger partial charge in [0, 0.05) is 150 Å². The topological polar surface area (TPSA) is 504 Å². The second-order valence-corrected chi connectivity index (χ2v) is 36.7. The number of nitrogens with one attached hydrogen (secondary N) is 1. The Hall–Kier alpha value is -10.3. The first-order valence-electron chi connectivity index (χ1n) is 41.1. The van der Waals surface area contributed by atoms with Gasteiger partial charge in [-0.05, 0) is 147 Å². The molecule has 11 rings (SSSR count). The molecule has 0 saturated carbocycles. The first-order valence-corrected chi connectivity index (χ1v) is 45.8. The summed E-state index contributed by atoms with van der Waals surface area (Å²) >= 11 is 12.8. The number of alkyl halides is 1. The monoisotopic (exact) mass is 2310 g/mol. The van der Waals surface area contributed by atoms with Crippen LogP contribution in [-0.2, 0) is 120 Å². The molecule has 33 nitrogen and oxygen atoms in total. The summed E-state index contributed by atoms with van der Waals surface area (Å²) in [5.41, 5.74) is 12.4. The normalized spacial score (nSPS) is 11.1. The van der Waals surface area contributed by atoms with Crippen LogP contribution in [0.2, 0.25) is 0 Å². The molecule has 5 aromatic carbocycles. The quantitative estimate of drug-likeness (QED) is 0.00336. The van der Waals surface area contributed by atoms with E-state index in [9.17, 15) is 57.8 Å². The van der Waals surface area contributed by atoms with Crippen molar-refractivity contribution in [3.8, 4) is 42.3 Å². The molecule has 771 valence electrons. The van der Waals surface area contributed by atoms with Crippen molar-refractivity contribution in [3.05, 3.63) is 205 Å². The molecule has 0 spiro atoms. The van der Waals surface area contributed by atoms with Crippen LogP contribution in [0.5, 0.6) is 0 Å². The zero-order valence-corrected chi connectivity index (χ0v) is 90.8. The predicted molar refractivity (Wildman–Crippen MR) is 552 cm³/mol. The second-order valence-electron chi connectivity index (χ2n) is 31.4. The third-order valence-corrected chi connectivity index (χ3v) is 20.9. The molecule has 6 N–H and O–H groups in total. The number of carboxylic acid groups (broad SMARTS) is 5. The Balaban J connectivity index is -0.000000285. The van der Waals surface area contributed by atoms with Crippen molar-refractivity contribution in [2.45, 2.75) is 227 Å². The van der Waals surface area contributed by atoms with Crippen molar-refractivity contribution in [1.82, 2.24) is 35.1 Å². The number of aromatic nitrogens is 4. The van der Waals surface area contributed by atoms with Gasteiger partial charge < -0.3 is 50.6 Å². The van der Waals surface area contributed by atoms with Gasteiger partial charge in [0.15, 0.2) is 34.9 Å². The fraction of sp³-hybridized carbons (Fsp3) is 0.396. The molecule has 0 bridgehead atoms. The van der Waals surface area contributed by atoms with Crippen LogP contribution >= 0.6 is 98.9 Å². The van der Waals surface area contributed by atoms with Gasteiger partial charge >= 0.3 is 54.3 Å². The van der Waals surface area contributed by atoms with Crippen molar-refractivity contribution in [2.24, 2.45) is 4.30 Å². The van der Waals surface area contributed by atoms with Gasteiger partial charge in [-0.1, -0.05) is 170 Å². The zero-order chi connectivity index (χ0) is 102. The number of esters is 3. The molecule has 44 heteroatoms. The Bertz CT molecular complexity index is 5230. The molecule has 4 aromatic heterocycles. The van der Waals surface area contributed by atoms with Gasteiger partial charge in [-0.2, -0.15) is 4.79 Å². The third kappa shape index (κ3) is 64.2. The molecule has 0 aliphatic carbocycles. The van der Waals surface area contributed by atoms with Crippen molar-refractivity contribution in [1.29, 1.82) is 0 Å². The van der Waals surface area contributed by atoms with Crippen molar-refractivity contribution >= 4 is 201 Å². The molecule has 2 aliphatic rings. The summed E-state index contributed by atoms with van der Waals surface area (Å²) in [6.07, 6.45) is 4.80. The van der Waals surface area contributed by atoms with E-state index >= 15 is 0 Å². The number of Topliss-reactive ketones (excluding diaryl/α,β-unsaturated/α-hetero) is 6. The molecule has 6 heterocycles. The van der Waals surface area contributed by atoms with E-state index in [2.05, 4.69) is 80.5 Å². The minimum absolute atomic E-state index is 0. The predicted octanol–water partition coefficient (Wildman–Crippen LogP) is 20.2. The number of carboxylic acids is 5. The van der Waals surface area contributed by atoms with Crippen LogP contribution in [0.1, 0.15) is 250 Å². The van der Waals surface area contributed by atoms with Crippen LogP contribution in [0.3, 0.4) is 0 Å². The van der Waals surface area contributed by atoms with E-state index in [0.717, 1.165) is 129 Å². The number of nitrogens with zero attached hydrogens (tertiary/aromatic N) is 9. The fourth-order valence-corrected chi connectivity index (χ4v) is 15.4. The Morgan fingerprint density at radius 1 is 0.471 bits per heavy atom. The number of amides is 1. The number of ketones is 6. The van der Waals surface area contributed by atoms with Crippen molar-refractivity contribution in [2.75, 3.05) is 26.2 Å². The SMILES string of the molecule is C.C.CC(=O)C(=[N+]=[N-])C(=O)OC(C)(C)C.CC(=O)C(NC(=O)c1ccccc1)C(=O)OC(C)(C)C.CC(=O)CC(=O)OC(C)(C)C.CC(=O)O.CC(=O)O.CC(=O)O.CC(=O)O.CC(=O)c1nc(-c2ccccc2)sc1C.CC(=O)c1nc(-c2ccccc2)sc1CBr.CC(=O)c1nc(-c2ccccc2)sc1CN1CCCC1.Cl.Cl.O=C(O)c1nc(-c2ccccc2)sc1CN1CCCC1.[B]=NS.[Rh].[Rh]. The van der Waals surface area contributed by atoms with Crippen LogP contribution in [0.15, 0.2) is 156 Å². The molecular weight excluding hydrogens is 2190 g/mol. The standard InChI is InChI=1S/C16H18N2OS.C15H16N2O2S.C15H19NO4.C12H10BrNOS.C12H11NOS.C8H12N2O3.C8H14O3.4C2H4O2.2CH4.BHNS.2ClH.2Rh/c1-12(19)15-14(11-18-9-5-6-10-18)20-16(17-15)13-7-3-2-4-8-13;18-15(19)13-12(10-17-8-4-5-9-17)20-14(16-13)11-6-2-1-3-7-11;1-10(17)12(14(19)20-15(2,3)4)16-13(18)11-8-6-5-7-9-11;1-8(15)11-10(7-13)16-12(14-11)9-5-3-2-4-6-9;1-8(14)11-9(2)15-12(13-11)10-6-4-3-5-7-10;1-5(11)6(10-9)7(12)13-8(2,3)4;1-6(9)5-7(10)11-8(2,3)4;4*1-2(3)4;;;1-2-3;;;;/h2-4,7-8H,5-6,9-11H2,1H3;1-3,6-7H,4-5,8-10H2,(H,18,19);5-9,12H,1-4H3,(H,16,18);2-6H,7H2,1H3;3-7H,1-2H3;1-4H3;5H2,1-4H3;4*1H3,(H,3,4);2*1H4;3H;2*1H;;. The number of aryl methyl sites for hydroxylation is 1. The number of aliphatic carboxylic acids is 4. The van der Waals surface area contributed by atoms with Gasteiger partial charge in [0.25, 0.3) is 29.8 Å². The maximum absolute atomic E-state index is 12.0. The zero-order valence-electron chi connectivity index (χ0n) is 80.1. The smallest absolute Gasteiger partial charge is 0 e. The minimum Gasteiger partial charge on any atom is 0 e. The number of thiazole rings is 4. The van der Waals surface area contributed by atoms with Gasteiger partial charge in [0.2, 0.25) is 5.78 Å². The Morgan fingerprint density at radius 3 is 1.01 bits per heavy atom. The van der Waals surface area contributed by atoms with Gasteiger partial charge in [-0.15, -0.1) is 70.2 Å². The Kier molecular flexibility index (Phi) is 77.0. The number of hydrogen-bond acceptors (Lipinski definition) is 30. The first-order chi connectivity index (χ1) is 62.5. The number of hydrogen-bond donors (Lipinski definition) is 7. The molecule has 1 atom stereocenters. The summed E-state index contributed by atoms with van der Waals surface area (Å²) in [5, 5.41) is 45.6. The average molecular weight is 2320 g/mol. The molecule has 2 fully saturated rings. The van der Waals surface area contributed by atoms with E-state index in [4.69, 9.17) is 59.3 Å². The number of carbonyl (C=O) groups excluding carboxylic acids is 10. The number of rotatable bonds is 21. The maximum atomic E-state index is 12.0. The van der Waals surface area contributed by atoms with Crippen LogP contribution in [0, 0.1) is 6.92 Å². The number of aromatic carboxylic acids is 1. The summed E-state index contributed by atoms with van der Waals surface area (Å²) in [6.45, 7) is 36.0. The summed E-state index contributed by atoms with van der Waals surface area (Å²) < 4.78 is 17.5. The van der Waals surface area contributed by atoms with Gasteiger partial charge in [-0.25, -0.2) is 34.3 Å². The largest absolute Gasteiger partial charge is 0 e. The number of halogens is 3. The van der Waals surface area contributed by atoms with E-state index in [-0.39, 0.29) is 114 Å². The molecule has 9 aromatic rings. The molecular formula is C96H127BBrCl2N10O23Rh2S5. The first kappa shape index (κ1) is 143. The summed E-state index contributed by atoms with van der Waals surface area (Å²) in [6, 6.07) is 46.7. The number of carbonyl (C=O) groups is 15. The van der Waals surface area contributed by atoms with Crippen molar-refractivity contribution in [3.63, 3.8) is 0 Å². The van der Waals surface area contributed by atoms with Gasteiger partial charge in [-0.3, -0.25) is 67.3 Å². The second kappa shape index (κ2) is 75.5. The van der Waals surface area contributed by atoms with Crippen LogP contribution in [0.25, 0.3) is 47.8 Å². The van der Waals surface area contributed by atoms with Crippen LogP contribution < -0.4 is 5.32 Å². The van der Waals surface area contributed by atoms with E-state index in [1.54, 1.807) is 147 Å². The summed E-state index contributed by atoms with van der Waals surface area (Å²) in [5.74, 6) is -8.02. The molecule has 1 unspecified atom stereocenters. The Morgan fingerprint density at radius 2 is 0.750 bits per heavy atom. The summed E-state index contributed by atoms with van der Waals surface area (Å²) in [7, 11) is 4.34. The molecule has 2 saturated heterocycles. The van der Waals surface area contributed by atoms with Crippen LogP contribution in [-0.4, -0.2) is 211 Å². The van der Waals surface area contributed by atoms with E-state index in [1.807, 2.05) is 128 Å². The maximum Gasteiger partial charge on any atom is 0 e. The van der Waals surface area contributed by atoms with Crippen LogP contribution in [0.4, 0.5) is 0 Å². The van der Waals surface area contributed by atoms with E-state index in [1.165, 1.54) is 50.9 Å².